The lowest BCUT2D eigenvalue weighted by Gasteiger charge is -2.34. The molecule has 2 aromatic carbocycles. The number of pyridine rings is 1. The van der Waals surface area contributed by atoms with Gasteiger partial charge in [-0.25, -0.2) is 0 Å². The van der Waals surface area contributed by atoms with Gasteiger partial charge in [0, 0.05) is 34.7 Å². The van der Waals surface area contributed by atoms with Gasteiger partial charge in [0.05, 0.1) is 0 Å². The van der Waals surface area contributed by atoms with Crippen LogP contribution in [0.2, 0.25) is 0 Å². The number of carbonyl (C=O) groups is 2. The van der Waals surface area contributed by atoms with Crippen molar-refractivity contribution in [2.45, 2.75) is 64.6 Å². The number of halogens is 2. The predicted molar refractivity (Wildman–Crippen MR) is 138 cm³/mol. The van der Waals surface area contributed by atoms with E-state index < -0.39 is 18.2 Å². The number of hydrogen-bond acceptors (Lipinski definition) is 4. The highest BCUT2D eigenvalue weighted by atomic mass is 19.3. The zero-order chi connectivity index (χ0) is 26.6. The van der Waals surface area contributed by atoms with E-state index in [0.717, 1.165) is 36.8 Å². The highest BCUT2D eigenvalue weighted by Gasteiger charge is 2.36. The third-order valence-electron chi connectivity index (χ3n) is 6.19. The van der Waals surface area contributed by atoms with Crippen molar-refractivity contribution in [3.05, 3.63) is 89.2 Å². The van der Waals surface area contributed by atoms with Crippen molar-refractivity contribution in [2.24, 2.45) is 0 Å². The minimum atomic E-state index is -2.97. The number of carbonyl (C=O) groups excluding carboxylic acids is 2. The number of hydrogen-bond donors (Lipinski definition) is 1. The third kappa shape index (κ3) is 6.31. The molecule has 0 fully saturated rings. The maximum Gasteiger partial charge on any atom is 0.387 e. The number of alkyl halides is 2. The second-order valence-corrected chi connectivity index (χ2v) is 10.1. The summed E-state index contributed by atoms with van der Waals surface area (Å²) in [5.41, 5.74) is 2.99. The van der Waals surface area contributed by atoms with E-state index in [1.165, 1.54) is 29.2 Å². The summed E-state index contributed by atoms with van der Waals surface area (Å²) in [4.78, 5) is 33.7. The average Bonchev–Trinajstić information content (AvgIpc) is 2.86. The molecule has 0 saturated carbocycles. The van der Waals surface area contributed by atoms with Crippen LogP contribution < -0.4 is 15.0 Å². The standard InChI is InChI=1S/C29H31F2N3O3/c1-29(2,3)33-26(35)25(20-10-7-17-32-18-20)34(21-13-15-22(16-14-21)37-28(30)31)27(36)24-12-6-9-19-8-4-5-11-23(19)24/h6-7,9-10,12-18,25,28H,4-5,8,11H2,1-3H3,(H,33,35). The minimum absolute atomic E-state index is 0.0414. The highest BCUT2D eigenvalue weighted by molar-refractivity contribution is 6.11. The summed E-state index contributed by atoms with van der Waals surface area (Å²) in [6.45, 7) is 2.62. The summed E-state index contributed by atoms with van der Waals surface area (Å²) in [7, 11) is 0. The van der Waals surface area contributed by atoms with Gasteiger partial charge in [-0.05, 0) is 94.0 Å². The van der Waals surface area contributed by atoms with Gasteiger partial charge in [-0.3, -0.25) is 19.5 Å². The van der Waals surface area contributed by atoms with Crippen LogP contribution in [0, 0.1) is 0 Å². The fraction of sp³-hybridized carbons (Fsp3) is 0.345. The lowest BCUT2D eigenvalue weighted by atomic mass is 9.87. The van der Waals surface area contributed by atoms with E-state index in [4.69, 9.17) is 0 Å². The quantitative estimate of drug-likeness (QED) is 0.435. The molecule has 0 bridgehead atoms. The van der Waals surface area contributed by atoms with Crippen molar-refractivity contribution in [3.8, 4) is 5.75 Å². The van der Waals surface area contributed by atoms with Crippen LogP contribution in [0.1, 0.15) is 66.7 Å². The average molecular weight is 508 g/mol. The molecule has 37 heavy (non-hydrogen) atoms. The number of fused-ring (bicyclic) bond motifs is 1. The van der Waals surface area contributed by atoms with E-state index >= 15 is 0 Å². The number of aromatic nitrogens is 1. The molecule has 194 valence electrons. The van der Waals surface area contributed by atoms with Gasteiger partial charge in [-0.15, -0.1) is 0 Å². The topological polar surface area (TPSA) is 71.5 Å². The van der Waals surface area contributed by atoms with Crippen LogP contribution >= 0.6 is 0 Å². The van der Waals surface area contributed by atoms with Crippen molar-refractivity contribution in [1.29, 1.82) is 0 Å². The Morgan fingerprint density at radius 1 is 1.00 bits per heavy atom. The van der Waals surface area contributed by atoms with E-state index in [9.17, 15) is 18.4 Å². The smallest absolute Gasteiger partial charge is 0.387 e. The molecule has 1 unspecified atom stereocenters. The Hall–Kier alpha value is -3.81. The summed E-state index contributed by atoms with van der Waals surface area (Å²) in [6.07, 6.45) is 6.87. The molecule has 0 radical (unpaired) electrons. The summed E-state index contributed by atoms with van der Waals surface area (Å²) in [5.74, 6) is -0.772. The van der Waals surface area contributed by atoms with Gasteiger partial charge in [0.2, 0.25) is 5.91 Å². The molecule has 3 aromatic rings. The van der Waals surface area contributed by atoms with Crippen LogP contribution in [-0.4, -0.2) is 28.9 Å². The number of rotatable bonds is 7. The maximum atomic E-state index is 14.3. The molecule has 1 aliphatic rings. The molecule has 1 N–H and O–H groups in total. The van der Waals surface area contributed by atoms with Crippen LogP contribution in [0.15, 0.2) is 67.0 Å². The molecule has 1 atom stereocenters. The molecule has 1 heterocycles. The normalized spacial score (nSPS) is 14.0. The molecule has 0 spiro atoms. The fourth-order valence-corrected chi connectivity index (χ4v) is 4.68. The van der Waals surface area contributed by atoms with Gasteiger partial charge in [-0.1, -0.05) is 18.2 Å². The highest BCUT2D eigenvalue weighted by Crippen LogP contribution is 2.34. The van der Waals surface area contributed by atoms with Crippen molar-refractivity contribution < 1.29 is 23.1 Å². The van der Waals surface area contributed by atoms with E-state index in [-0.39, 0.29) is 17.6 Å². The number of amides is 2. The van der Waals surface area contributed by atoms with Crippen LogP contribution in [-0.2, 0) is 17.6 Å². The minimum Gasteiger partial charge on any atom is -0.435 e. The Kier molecular flexibility index (Phi) is 7.86. The van der Waals surface area contributed by atoms with Crippen molar-refractivity contribution >= 4 is 17.5 Å². The Bertz CT molecular complexity index is 1240. The van der Waals surface area contributed by atoms with Crippen molar-refractivity contribution in [2.75, 3.05) is 4.90 Å². The van der Waals surface area contributed by atoms with Crippen LogP contribution in [0.5, 0.6) is 5.75 Å². The van der Waals surface area contributed by atoms with Gasteiger partial charge in [0.25, 0.3) is 5.91 Å². The Morgan fingerprint density at radius 3 is 2.38 bits per heavy atom. The SMILES string of the molecule is CC(C)(C)NC(=O)C(c1cccnc1)N(C(=O)c1cccc2c1CCCC2)c1ccc(OC(F)F)cc1. The van der Waals surface area contributed by atoms with Gasteiger partial charge in [0.15, 0.2) is 0 Å². The number of nitrogens with one attached hydrogen (secondary N) is 1. The summed E-state index contributed by atoms with van der Waals surface area (Å²) in [6, 6.07) is 13.8. The first-order valence-electron chi connectivity index (χ1n) is 12.4. The second-order valence-electron chi connectivity index (χ2n) is 10.1. The van der Waals surface area contributed by atoms with Gasteiger partial charge in [-0.2, -0.15) is 8.78 Å². The number of ether oxygens (including phenoxy) is 1. The molecule has 4 rings (SSSR count). The fourth-order valence-electron chi connectivity index (χ4n) is 4.68. The van der Waals surface area contributed by atoms with E-state index in [0.29, 0.717) is 16.8 Å². The molecule has 0 aliphatic heterocycles. The number of benzene rings is 2. The lowest BCUT2D eigenvalue weighted by Crippen LogP contribution is -2.49. The summed E-state index contributed by atoms with van der Waals surface area (Å²) < 4.78 is 30.0. The van der Waals surface area contributed by atoms with Gasteiger partial charge < -0.3 is 10.1 Å². The number of anilines is 1. The first kappa shape index (κ1) is 26.3. The second kappa shape index (κ2) is 11.1. The van der Waals surface area contributed by atoms with Gasteiger partial charge >= 0.3 is 6.61 Å². The van der Waals surface area contributed by atoms with E-state index in [1.807, 2.05) is 32.9 Å². The molecule has 6 nitrogen and oxygen atoms in total. The van der Waals surface area contributed by atoms with Crippen molar-refractivity contribution in [3.63, 3.8) is 0 Å². The summed E-state index contributed by atoms with van der Waals surface area (Å²) >= 11 is 0. The Morgan fingerprint density at radius 2 is 1.73 bits per heavy atom. The summed E-state index contributed by atoms with van der Waals surface area (Å²) in [5, 5.41) is 2.99. The largest absolute Gasteiger partial charge is 0.435 e. The first-order chi connectivity index (χ1) is 17.6. The Balaban J connectivity index is 1.86. The first-order valence-corrected chi connectivity index (χ1v) is 12.4. The van der Waals surface area contributed by atoms with E-state index in [2.05, 4.69) is 15.0 Å². The van der Waals surface area contributed by atoms with Crippen LogP contribution in [0.25, 0.3) is 0 Å². The number of aryl methyl sites for hydroxylation is 1. The zero-order valence-electron chi connectivity index (χ0n) is 21.2. The molecule has 8 heteroatoms. The van der Waals surface area contributed by atoms with Gasteiger partial charge in [0.1, 0.15) is 11.8 Å². The zero-order valence-corrected chi connectivity index (χ0v) is 21.2. The monoisotopic (exact) mass is 507 g/mol. The maximum absolute atomic E-state index is 14.3. The van der Waals surface area contributed by atoms with E-state index in [1.54, 1.807) is 30.6 Å². The van der Waals surface area contributed by atoms with Crippen molar-refractivity contribution in [1.82, 2.24) is 10.3 Å². The number of nitrogens with zero attached hydrogens (tertiary/aromatic N) is 2. The van der Waals surface area contributed by atoms with Crippen LogP contribution in [0.3, 0.4) is 0 Å². The molecule has 1 aromatic heterocycles. The molecule has 0 saturated heterocycles. The molecule has 1 aliphatic carbocycles. The molecular weight excluding hydrogens is 476 g/mol. The van der Waals surface area contributed by atoms with Crippen LogP contribution in [0.4, 0.5) is 14.5 Å². The Labute approximate surface area is 215 Å². The third-order valence-corrected chi connectivity index (χ3v) is 6.19. The molecule has 2 amide bonds. The molecular formula is C29H31F2N3O3. The predicted octanol–water partition coefficient (Wildman–Crippen LogP) is 5.86. The lowest BCUT2D eigenvalue weighted by molar-refractivity contribution is -0.123.